The number of aryl methyl sites for hydroxylation is 2. The highest BCUT2D eigenvalue weighted by Gasteiger charge is 2.18. The number of aromatic nitrogens is 1. The minimum atomic E-state index is 0.830. The molecular formula is C29H41N. The van der Waals surface area contributed by atoms with Crippen LogP contribution in [0, 0.1) is 11.8 Å². The van der Waals surface area contributed by atoms with Crippen molar-refractivity contribution < 1.29 is 0 Å². The minimum absolute atomic E-state index is 0.830. The van der Waals surface area contributed by atoms with Gasteiger partial charge in [-0.05, 0) is 74.0 Å². The maximum Gasteiger partial charge on any atom is 0.0702 e. The zero-order valence-electron chi connectivity index (χ0n) is 19.3. The quantitative estimate of drug-likeness (QED) is 0.270. The first-order chi connectivity index (χ1) is 14.8. The van der Waals surface area contributed by atoms with Gasteiger partial charge in [0.05, 0.1) is 5.69 Å². The van der Waals surface area contributed by atoms with Crippen molar-refractivity contribution >= 4 is 0 Å². The topological polar surface area (TPSA) is 12.9 Å². The van der Waals surface area contributed by atoms with Gasteiger partial charge < -0.3 is 0 Å². The van der Waals surface area contributed by atoms with Crippen LogP contribution in [0.2, 0.25) is 0 Å². The fourth-order valence-corrected chi connectivity index (χ4v) is 4.77. The molecule has 0 aliphatic heterocycles. The lowest BCUT2D eigenvalue weighted by Gasteiger charge is -2.26. The second kappa shape index (κ2) is 12.7. The Morgan fingerprint density at radius 3 is 2.27 bits per heavy atom. The summed E-state index contributed by atoms with van der Waals surface area (Å²) >= 11 is 0. The zero-order chi connectivity index (χ0) is 21.0. The molecule has 30 heavy (non-hydrogen) atoms. The van der Waals surface area contributed by atoms with Crippen molar-refractivity contribution in [3.63, 3.8) is 0 Å². The SMILES string of the molecule is CCCCCC1CCC(/C=C/CCc2ccc(-c3ccc(CCC)cn3)cc2)CC1. The van der Waals surface area contributed by atoms with Crippen LogP contribution < -0.4 is 0 Å². The Hall–Kier alpha value is -1.89. The van der Waals surface area contributed by atoms with Crippen molar-refractivity contribution in [1.29, 1.82) is 0 Å². The number of rotatable bonds is 11. The van der Waals surface area contributed by atoms with Crippen LogP contribution in [0.5, 0.6) is 0 Å². The lowest BCUT2D eigenvalue weighted by atomic mass is 9.79. The summed E-state index contributed by atoms with van der Waals surface area (Å²) in [6.45, 7) is 4.52. The van der Waals surface area contributed by atoms with E-state index in [1.807, 2.05) is 6.20 Å². The Balaban J connectivity index is 1.38. The van der Waals surface area contributed by atoms with Crippen LogP contribution in [0.1, 0.15) is 89.2 Å². The number of benzene rings is 1. The van der Waals surface area contributed by atoms with Gasteiger partial charge in [-0.3, -0.25) is 4.98 Å². The number of nitrogens with zero attached hydrogens (tertiary/aromatic N) is 1. The van der Waals surface area contributed by atoms with E-state index in [9.17, 15) is 0 Å². The van der Waals surface area contributed by atoms with Gasteiger partial charge in [-0.15, -0.1) is 0 Å². The summed E-state index contributed by atoms with van der Waals surface area (Å²) in [6, 6.07) is 13.4. The number of hydrogen-bond donors (Lipinski definition) is 0. The zero-order valence-corrected chi connectivity index (χ0v) is 19.3. The van der Waals surface area contributed by atoms with Crippen molar-refractivity contribution in [3.05, 3.63) is 65.9 Å². The third kappa shape index (κ3) is 7.42. The van der Waals surface area contributed by atoms with E-state index in [1.54, 1.807) is 0 Å². The molecule has 2 aromatic rings. The maximum atomic E-state index is 4.64. The summed E-state index contributed by atoms with van der Waals surface area (Å²) in [4.78, 5) is 4.64. The summed E-state index contributed by atoms with van der Waals surface area (Å²) in [5, 5.41) is 0. The fourth-order valence-electron chi connectivity index (χ4n) is 4.77. The van der Waals surface area contributed by atoms with Gasteiger partial charge in [-0.2, -0.15) is 0 Å². The van der Waals surface area contributed by atoms with Gasteiger partial charge in [-0.25, -0.2) is 0 Å². The van der Waals surface area contributed by atoms with Crippen LogP contribution in [0.25, 0.3) is 11.3 Å². The standard InChI is InChI=1S/C29H41N/c1-3-5-6-10-24-13-15-25(16-14-24)11-7-8-12-26-17-20-28(21-18-26)29-22-19-27(9-4-2)23-30-29/h7,11,17-25H,3-6,8-10,12-16H2,1-2H3/b11-7+. The van der Waals surface area contributed by atoms with Gasteiger partial charge in [0.2, 0.25) is 0 Å². The molecule has 3 rings (SSSR count). The molecule has 1 aromatic heterocycles. The lowest BCUT2D eigenvalue weighted by Crippen LogP contribution is -2.13. The molecule has 0 spiro atoms. The monoisotopic (exact) mass is 403 g/mol. The van der Waals surface area contributed by atoms with E-state index in [0.717, 1.165) is 36.8 Å². The molecule has 1 nitrogen and oxygen atoms in total. The molecule has 0 radical (unpaired) electrons. The molecule has 0 atom stereocenters. The van der Waals surface area contributed by atoms with Gasteiger partial charge in [0.15, 0.2) is 0 Å². The molecular weight excluding hydrogens is 362 g/mol. The van der Waals surface area contributed by atoms with Crippen molar-refractivity contribution in [2.75, 3.05) is 0 Å². The second-order valence-electron chi connectivity index (χ2n) is 9.24. The number of pyridine rings is 1. The average molecular weight is 404 g/mol. The Bertz CT molecular complexity index is 733. The van der Waals surface area contributed by atoms with E-state index in [-0.39, 0.29) is 0 Å². The van der Waals surface area contributed by atoms with Crippen LogP contribution in [-0.4, -0.2) is 4.98 Å². The Morgan fingerprint density at radius 2 is 1.60 bits per heavy atom. The van der Waals surface area contributed by atoms with Gasteiger partial charge >= 0.3 is 0 Å². The number of allylic oxidation sites excluding steroid dienone is 2. The summed E-state index contributed by atoms with van der Waals surface area (Å²) in [5.41, 5.74) is 5.04. The Morgan fingerprint density at radius 1 is 0.833 bits per heavy atom. The van der Waals surface area contributed by atoms with Crippen LogP contribution in [0.15, 0.2) is 54.7 Å². The van der Waals surface area contributed by atoms with E-state index in [0.29, 0.717) is 0 Å². The molecule has 162 valence electrons. The predicted octanol–water partition coefficient (Wildman–Crippen LogP) is 8.58. The molecule has 0 amide bonds. The number of unbranched alkanes of at least 4 members (excludes halogenated alkanes) is 2. The third-order valence-electron chi connectivity index (χ3n) is 6.73. The van der Waals surface area contributed by atoms with E-state index in [2.05, 4.69) is 67.4 Å². The van der Waals surface area contributed by atoms with E-state index in [1.165, 1.54) is 74.5 Å². The first-order valence-electron chi connectivity index (χ1n) is 12.5. The second-order valence-corrected chi connectivity index (χ2v) is 9.24. The predicted molar refractivity (Wildman–Crippen MR) is 131 cm³/mol. The summed E-state index contributed by atoms with van der Waals surface area (Å²) < 4.78 is 0. The minimum Gasteiger partial charge on any atom is -0.256 e. The lowest BCUT2D eigenvalue weighted by molar-refractivity contribution is 0.289. The van der Waals surface area contributed by atoms with Crippen molar-refractivity contribution in [2.45, 2.75) is 90.9 Å². The Kier molecular flexibility index (Phi) is 9.67. The summed E-state index contributed by atoms with van der Waals surface area (Å²) in [6.07, 6.45) is 22.9. The molecule has 1 saturated carbocycles. The van der Waals surface area contributed by atoms with Crippen molar-refractivity contribution in [2.24, 2.45) is 11.8 Å². The Labute approximate surface area is 185 Å². The van der Waals surface area contributed by atoms with Crippen LogP contribution in [0.4, 0.5) is 0 Å². The van der Waals surface area contributed by atoms with Gasteiger partial charge in [0, 0.05) is 11.8 Å². The molecule has 0 unspecified atom stereocenters. The molecule has 1 aliphatic rings. The third-order valence-corrected chi connectivity index (χ3v) is 6.73. The first-order valence-corrected chi connectivity index (χ1v) is 12.5. The maximum absolute atomic E-state index is 4.64. The fraction of sp³-hybridized carbons (Fsp3) is 0.552. The van der Waals surface area contributed by atoms with Crippen molar-refractivity contribution in [3.8, 4) is 11.3 Å². The molecule has 1 aromatic carbocycles. The molecule has 0 bridgehead atoms. The van der Waals surface area contributed by atoms with E-state index < -0.39 is 0 Å². The molecule has 1 heterocycles. The smallest absolute Gasteiger partial charge is 0.0702 e. The largest absolute Gasteiger partial charge is 0.256 e. The van der Waals surface area contributed by atoms with Crippen LogP contribution in [-0.2, 0) is 12.8 Å². The van der Waals surface area contributed by atoms with E-state index in [4.69, 9.17) is 0 Å². The highest BCUT2D eigenvalue weighted by atomic mass is 14.7. The van der Waals surface area contributed by atoms with Gasteiger partial charge in [0.1, 0.15) is 0 Å². The normalized spacial score (nSPS) is 19.4. The average Bonchev–Trinajstić information content (AvgIpc) is 2.79. The van der Waals surface area contributed by atoms with Gasteiger partial charge in [0.25, 0.3) is 0 Å². The molecule has 0 N–H and O–H groups in total. The molecule has 1 fully saturated rings. The first kappa shape index (κ1) is 22.8. The van der Waals surface area contributed by atoms with Crippen LogP contribution >= 0.6 is 0 Å². The number of hydrogen-bond acceptors (Lipinski definition) is 1. The highest BCUT2D eigenvalue weighted by molar-refractivity contribution is 5.59. The van der Waals surface area contributed by atoms with E-state index >= 15 is 0 Å². The van der Waals surface area contributed by atoms with Crippen LogP contribution in [0.3, 0.4) is 0 Å². The molecule has 1 aliphatic carbocycles. The highest BCUT2D eigenvalue weighted by Crippen LogP contribution is 2.32. The van der Waals surface area contributed by atoms with Gasteiger partial charge in [-0.1, -0.05) is 88.4 Å². The molecule has 0 saturated heterocycles. The van der Waals surface area contributed by atoms with Crippen molar-refractivity contribution in [1.82, 2.24) is 4.98 Å². The molecule has 1 heteroatoms. The summed E-state index contributed by atoms with van der Waals surface area (Å²) in [5.74, 6) is 1.84. The summed E-state index contributed by atoms with van der Waals surface area (Å²) in [7, 11) is 0.